The quantitative estimate of drug-likeness (QED) is 0.629. The molecule has 154 valence electrons. The second-order valence-corrected chi connectivity index (χ2v) is 8.81. The Hall–Kier alpha value is -3.13. The van der Waals surface area contributed by atoms with Crippen LogP contribution in [0.1, 0.15) is 42.0 Å². The number of benzene rings is 1. The number of nitrogens with one attached hydrogen (secondary N) is 2. The van der Waals surface area contributed by atoms with Crippen molar-refractivity contribution in [3.8, 4) is 0 Å². The highest BCUT2D eigenvalue weighted by molar-refractivity contribution is 7.10. The fourth-order valence-corrected chi connectivity index (χ4v) is 5.40. The largest absolute Gasteiger partial charge is 0.459 e. The molecule has 4 amide bonds. The van der Waals surface area contributed by atoms with Crippen LogP contribution in [0.3, 0.4) is 0 Å². The number of para-hydroxylation sites is 1. The highest BCUT2D eigenvalue weighted by Gasteiger charge is 2.54. The van der Waals surface area contributed by atoms with E-state index in [1.165, 1.54) is 0 Å². The fourth-order valence-electron chi connectivity index (χ4n) is 4.40. The van der Waals surface area contributed by atoms with E-state index in [2.05, 4.69) is 10.6 Å². The smallest absolute Gasteiger partial charge is 0.325 e. The third-order valence-electron chi connectivity index (χ3n) is 5.89. The van der Waals surface area contributed by atoms with Crippen molar-refractivity contribution in [3.63, 3.8) is 0 Å². The summed E-state index contributed by atoms with van der Waals surface area (Å²) < 4.78 is 5.79. The van der Waals surface area contributed by atoms with Crippen LogP contribution < -0.4 is 10.6 Å². The number of carbonyl (C=O) groups is 3. The highest BCUT2D eigenvalue weighted by Crippen LogP contribution is 2.42. The Morgan fingerprint density at radius 3 is 3.00 bits per heavy atom. The molecule has 3 heterocycles. The van der Waals surface area contributed by atoms with Gasteiger partial charge in [0.1, 0.15) is 23.4 Å². The molecule has 1 fully saturated rings. The van der Waals surface area contributed by atoms with Crippen LogP contribution in [0.15, 0.2) is 46.2 Å². The summed E-state index contributed by atoms with van der Waals surface area (Å²) in [7, 11) is 0. The zero-order valence-electron chi connectivity index (χ0n) is 16.4. The summed E-state index contributed by atoms with van der Waals surface area (Å²) in [4.78, 5) is 40.6. The van der Waals surface area contributed by atoms with Crippen molar-refractivity contribution >= 4 is 40.2 Å². The molecular weight excluding hydrogens is 402 g/mol. The van der Waals surface area contributed by atoms with E-state index < -0.39 is 23.5 Å². The minimum absolute atomic E-state index is 0.323. The first kappa shape index (κ1) is 18.9. The summed E-state index contributed by atoms with van der Waals surface area (Å²) in [6.07, 6.45) is 2.28. The maximum absolute atomic E-state index is 13.2. The minimum atomic E-state index is -1.03. The number of hydrogen-bond donors (Lipinski definition) is 2. The lowest BCUT2D eigenvalue weighted by molar-refractivity contribution is -0.135. The first-order chi connectivity index (χ1) is 14.5. The SMILES string of the molecule is C[C@H](NC(=O)CN1C(=O)N[C@]2(CCCc3sccc32)C1=O)c1cc2ccccc2o1. The summed E-state index contributed by atoms with van der Waals surface area (Å²) in [5.41, 5.74) is 0.583. The number of imide groups is 1. The third-order valence-corrected chi connectivity index (χ3v) is 6.87. The Morgan fingerprint density at radius 1 is 1.33 bits per heavy atom. The predicted octanol–water partition coefficient (Wildman–Crippen LogP) is 3.46. The molecule has 1 aliphatic heterocycles. The molecule has 5 rings (SSSR count). The fraction of sp³-hybridized carbons (Fsp3) is 0.318. The highest BCUT2D eigenvalue weighted by atomic mass is 32.1. The molecule has 7 nitrogen and oxygen atoms in total. The third kappa shape index (κ3) is 2.90. The summed E-state index contributed by atoms with van der Waals surface area (Å²) in [5.74, 6) is -0.142. The van der Waals surface area contributed by atoms with Gasteiger partial charge in [0.05, 0.1) is 6.04 Å². The Labute approximate surface area is 177 Å². The van der Waals surface area contributed by atoms with Gasteiger partial charge >= 0.3 is 6.03 Å². The van der Waals surface area contributed by atoms with Gasteiger partial charge in [-0.1, -0.05) is 18.2 Å². The molecular formula is C22H21N3O4S. The maximum Gasteiger partial charge on any atom is 0.325 e. The predicted molar refractivity (Wildman–Crippen MR) is 112 cm³/mol. The first-order valence-electron chi connectivity index (χ1n) is 9.97. The number of nitrogens with zero attached hydrogens (tertiary/aromatic N) is 1. The molecule has 0 radical (unpaired) electrons. The topological polar surface area (TPSA) is 91.7 Å². The Morgan fingerprint density at radius 2 is 2.17 bits per heavy atom. The normalized spacial score (nSPS) is 21.7. The monoisotopic (exact) mass is 423 g/mol. The Balaban J connectivity index is 1.30. The van der Waals surface area contributed by atoms with Crippen LogP contribution in [0.4, 0.5) is 4.79 Å². The van der Waals surface area contributed by atoms with Crippen LogP contribution in [-0.4, -0.2) is 29.3 Å². The van der Waals surface area contributed by atoms with Crippen molar-refractivity contribution < 1.29 is 18.8 Å². The van der Waals surface area contributed by atoms with Gasteiger partial charge in [-0.05, 0) is 49.8 Å². The molecule has 0 unspecified atom stereocenters. The number of furan rings is 1. The van der Waals surface area contributed by atoms with E-state index >= 15 is 0 Å². The van der Waals surface area contributed by atoms with Gasteiger partial charge < -0.3 is 15.1 Å². The Kier molecular flexibility index (Phi) is 4.39. The van der Waals surface area contributed by atoms with E-state index in [-0.39, 0.29) is 12.5 Å². The molecule has 2 N–H and O–H groups in total. The second kappa shape index (κ2) is 6.98. The summed E-state index contributed by atoms with van der Waals surface area (Å²) in [6, 6.07) is 10.5. The van der Waals surface area contributed by atoms with Gasteiger partial charge in [0.25, 0.3) is 5.91 Å². The van der Waals surface area contributed by atoms with E-state index in [4.69, 9.17) is 4.42 Å². The van der Waals surface area contributed by atoms with Crippen LogP contribution >= 0.6 is 11.3 Å². The zero-order chi connectivity index (χ0) is 20.9. The summed E-state index contributed by atoms with van der Waals surface area (Å²) in [6.45, 7) is 1.48. The van der Waals surface area contributed by atoms with Gasteiger partial charge in [-0.25, -0.2) is 4.79 Å². The number of thiophene rings is 1. The van der Waals surface area contributed by atoms with Crippen molar-refractivity contribution in [2.45, 2.75) is 37.8 Å². The van der Waals surface area contributed by atoms with Gasteiger partial charge in [0, 0.05) is 15.8 Å². The molecule has 0 bridgehead atoms. The van der Waals surface area contributed by atoms with E-state index in [1.54, 1.807) is 11.3 Å². The first-order valence-corrected chi connectivity index (χ1v) is 10.8. The number of carbonyl (C=O) groups excluding carboxylic acids is 3. The summed E-state index contributed by atoms with van der Waals surface area (Å²) >= 11 is 1.60. The second-order valence-electron chi connectivity index (χ2n) is 7.81. The minimum Gasteiger partial charge on any atom is -0.459 e. The average Bonchev–Trinajstić information content (AvgIpc) is 3.43. The van der Waals surface area contributed by atoms with Crippen molar-refractivity contribution in [1.82, 2.24) is 15.5 Å². The molecule has 1 aliphatic carbocycles. The molecule has 1 aromatic carbocycles. The van der Waals surface area contributed by atoms with Crippen molar-refractivity contribution in [3.05, 3.63) is 58.0 Å². The number of aryl methyl sites for hydroxylation is 1. The van der Waals surface area contributed by atoms with Crippen LogP contribution in [0.2, 0.25) is 0 Å². The van der Waals surface area contributed by atoms with Gasteiger partial charge in [0.15, 0.2) is 0 Å². The summed E-state index contributed by atoms with van der Waals surface area (Å²) in [5, 5.41) is 8.59. The van der Waals surface area contributed by atoms with Gasteiger partial charge in [-0.2, -0.15) is 0 Å². The van der Waals surface area contributed by atoms with E-state index in [9.17, 15) is 14.4 Å². The van der Waals surface area contributed by atoms with Crippen molar-refractivity contribution in [2.24, 2.45) is 0 Å². The molecule has 2 aromatic heterocycles. The van der Waals surface area contributed by atoms with E-state index in [1.807, 2.05) is 48.7 Å². The molecule has 3 aromatic rings. The standard InChI is InChI=1S/C22H21N3O4S/c1-13(17-11-14-5-2-3-6-16(14)29-17)23-19(26)12-25-20(27)22(24-21(25)28)9-4-7-18-15(22)8-10-30-18/h2-3,5-6,8,10-11,13H,4,7,9,12H2,1H3,(H,23,26)(H,24,28)/t13-,22-/m0/s1. The number of fused-ring (bicyclic) bond motifs is 3. The molecule has 1 saturated heterocycles. The van der Waals surface area contributed by atoms with E-state index in [0.717, 1.165) is 39.2 Å². The molecule has 1 spiro atoms. The number of urea groups is 1. The molecule has 8 heteroatoms. The van der Waals surface area contributed by atoms with Crippen LogP contribution in [0.5, 0.6) is 0 Å². The average molecular weight is 423 g/mol. The van der Waals surface area contributed by atoms with E-state index in [0.29, 0.717) is 12.2 Å². The van der Waals surface area contributed by atoms with Crippen LogP contribution in [0.25, 0.3) is 11.0 Å². The number of hydrogen-bond acceptors (Lipinski definition) is 5. The lowest BCUT2D eigenvalue weighted by Crippen LogP contribution is -2.47. The molecule has 2 aliphatic rings. The zero-order valence-corrected chi connectivity index (χ0v) is 17.3. The van der Waals surface area contributed by atoms with Crippen LogP contribution in [0, 0.1) is 0 Å². The molecule has 30 heavy (non-hydrogen) atoms. The van der Waals surface area contributed by atoms with Gasteiger partial charge in [0.2, 0.25) is 5.91 Å². The maximum atomic E-state index is 13.2. The van der Waals surface area contributed by atoms with Gasteiger partial charge in [-0.15, -0.1) is 11.3 Å². The lowest BCUT2D eigenvalue weighted by Gasteiger charge is -2.31. The van der Waals surface area contributed by atoms with Crippen molar-refractivity contribution in [2.75, 3.05) is 6.54 Å². The number of rotatable bonds is 4. The van der Waals surface area contributed by atoms with Crippen LogP contribution in [-0.2, 0) is 21.5 Å². The molecule has 0 saturated carbocycles. The number of amides is 4. The Bertz CT molecular complexity index is 1130. The lowest BCUT2D eigenvalue weighted by atomic mass is 9.80. The van der Waals surface area contributed by atoms with Crippen molar-refractivity contribution in [1.29, 1.82) is 0 Å². The molecule has 2 atom stereocenters. The van der Waals surface area contributed by atoms with Gasteiger partial charge in [-0.3, -0.25) is 14.5 Å².